The number of nitrogens with one attached hydrogen (secondary N) is 2. The highest BCUT2D eigenvalue weighted by atomic mass is 16.5. The summed E-state index contributed by atoms with van der Waals surface area (Å²) in [5, 5.41) is 2.67. The predicted molar refractivity (Wildman–Crippen MR) is 103 cm³/mol. The van der Waals surface area contributed by atoms with E-state index in [1.165, 1.54) is 12.7 Å². The fourth-order valence-electron chi connectivity index (χ4n) is 3.65. The molecule has 2 amide bonds. The molecule has 0 radical (unpaired) electrons. The molecule has 2 aromatic rings. The van der Waals surface area contributed by atoms with Crippen molar-refractivity contribution in [3.63, 3.8) is 0 Å². The normalized spacial score (nSPS) is 18.1. The molecule has 27 heavy (non-hydrogen) atoms. The Morgan fingerprint density at radius 3 is 2.85 bits per heavy atom. The van der Waals surface area contributed by atoms with Gasteiger partial charge in [-0.05, 0) is 42.9 Å². The van der Waals surface area contributed by atoms with Gasteiger partial charge in [-0.3, -0.25) is 4.79 Å². The second-order valence-electron chi connectivity index (χ2n) is 7.37. The number of hydrogen-bond acceptors (Lipinski definition) is 4. The third-order valence-electron chi connectivity index (χ3n) is 5.22. The van der Waals surface area contributed by atoms with Gasteiger partial charge in [0.2, 0.25) is 5.91 Å². The van der Waals surface area contributed by atoms with E-state index in [0.717, 1.165) is 36.1 Å². The fraction of sp³-hybridized carbons (Fsp3) is 0.550. The molecule has 0 aliphatic carbocycles. The summed E-state index contributed by atoms with van der Waals surface area (Å²) in [7, 11) is 1.30. The number of benzene rings is 1. The van der Waals surface area contributed by atoms with Crippen molar-refractivity contribution in [3.05, 3.63) is 29.6 Å². The third-order valence-corrected chi connectivity index (χ3v) is 5.22. The Kier molecular flexibility index (Phi) is 5.68. The Bertz CT molecular complexity index is 830. The Morgan fingerprint density at radius 1 is 1.41 bits per heavy atom. The van der Waals surface area contributed by atoms with E-state index in [4.69, 9.17) is 4.98 Å². The van der Waals surface area contributed by atoms with Crippen LogP contribution in [0.25, 0.3) is 11.0 Å². The number of fused-ring (bicyclic) bond motifs is 1. The van der Waals surface area contributed by atoms with E-state index >= 15 is 0 Å². The molecule has 7 nitrogen and oxygen atoms in total. The van der Waals surface area contributed by atoms with Crippen LogP contribution in [0.5, 0.6) is 0 Å². The molecule has 1 aliphatic rings. The van der Waals surface area contributed by atoms with Crippen LogP contribution >= 0.6 is 0 Å². The number of carbonyl (C=O) groups excluding carboxylic acids is 2. The number of carbonyl (C=O) groups is 2. The van der Waals surface area contributed by atoms with Crippen LogP contribution in [-0.2, 0) is 16.0 Å². The Morgan fingerprint density at radius 2 is 2.19 bits per heavy atom. The quantitative estimate of drug-likeness (QED) is 0.844. The molecule has 3 rings (SSSR count). The summed E-state index contributed by atoms with van der Waals surface area (Å²) in [5.74, 6) is 0.679. The second kappa shape index (κ2) is 7.98. The van der Waals surface area contributed by atoms with Gasteiger partial charge in [0.15, 0.2) is 0 Å². The first-order valence-electron chi connectivity index (χ1n) is 9.58. The maximum absolute atomic E-state index is 13.2. The molecule has 0 saturated carbocycles. The van der Waals surface area contributed by atoms with E-state index in [2.05, 4.69) is 34.1 Å². The van der Waals surface area contributed by atoms with Crippen molar-refractivity contribution < 1.29 is 14.3 Å². The minimum absolute atomic E-state index is 0.0411. The Balaban J connectivity index is 1.85. The van der Waals surface area contributed by atoms with Gasteiger partial charge >= 0.3 is 6.09 Å². The number of rotatable bonds is 5. The summed E-state index contributed by atoms with van der Waals surface area (Å²) in [6.45, 7) is 6.61. The van der Waals surface area contributed by atoms with Gasteiger partial charge in [-0.2, -0.15) is 0 Å². The minimum Gasteiger partial charge on any atom is -0.453 e. The van der Waals surface area contributed by atoms with Gasteiger partial charge in [-0.25, -0.2) is 9.78 Å². The van der Waals surface area contributed by atoms with Crippen molar-refractivity contribution in [1.29, 1.82) is 0 Å². The van der Waals surface area contributed by atoms with Crippen LogP contribution in [0.2, 0.25) is 0 Å². The number of likely N-dealkylation sites (tertiary alicyclic amines) is 1. The van der Waals surface area contributed by atoms with Crippen molar-refractivity contribution in [2.75, 3.05) is 13.7 Å². The lowest BCUT2D eigenvalue weighted by Gasteiger charge is -2.29. The molecule has 0 bridgehead atoms. The number of imidazole rings is 1. The van der Waals surface area contributed by atoms with Crippen LogP contribution in [0.3, 0.4) is 0 Å². The van der Waals surface area contributed by atoms with Gasteiger partial charge in [-0.1, -0.05) is 26.8 Å². The first kappa shape index (κ1) is 19.2. The van der Waals surface area contributed by atoms with Crippen molar-refractivity contribution in [2.45, 2.75) is 52.1 Å². The molecule has 1 aromatic heterocycles. The molecule has 2 unspecified atom stereocenters. The number of hydrogen-bond donors (Lipinski definition) is 2. The molecule has 2 heterocycles. The van der Waals surface area contributed by atoms with Crippen LogP contribution in [-0.4, -0.2) is 46.6 Å². The number of aryl methyl sites for hydroxylation is 1. The molecular formula is C20H28N4O3. The smallest absolute Gasteiger partial charge is 0.407 e. The molecule has 1 fully saturated rings. The lowest BCUT2D eigenvalue weighted by atomic mass is 10.0. The van der Waals surface area contributed by atoms with E-state index in [1.807, 2.05) is 24.8 Å². The number of ether oxygens (including phenoxy) is 1. The molecular weight excluding hydrogens is 344 g/mol. The zero-order valence-electron chi connectivity index (χ0n) is 16.4. The number of aromatic nitrogens is 2. The van der Waals surface area contributed by atoms with Crippen molar-refractivity contribution in [1.82, 2.24) is 20.2 Å². The van der Waals surface area contributed by atoms with E-state index < -0.39 is 12.1 Å². The topological polar surface area (TPSA) is 87.3 Å². The summed E-state index contributed by atoms with van der Waals surface area (Å²) >= 11 is 0. The van der Waals surface area contributed by atoms with Crippen LogP contribution < -0.4 is 5.32 Å². The van der Waals surface area contributed by atoms with Gasteiger partial charge < -0.3 is 19.9 Å². The zero-order chi connectivity index (χ0) is 19.6. The standard InChI is InChI=1S/C20H28N4O3/c1-5-13-8-9-14-15(11-13)22-18(21-14)16-7-6-10-24(16)19(25)17(12(2)3)23-20(26)27-4/h8-9,11-12,16-17H,5-7,10H2,1-4H3,(H,21,22)(H,23,26). The highest BCUT2D eigenvalue weighted by Gasteiger charge is 2.37. The monoisotopic (exact) mass is 372 g/mol. The Labute approximate surface area is 159 Å². The highest BCUT2D eigenvalue weighted by molar-refractivity contribution is 5.86. The number of methoxy groups -OCH3 is 1. The zero-order valence-corrected chi connectivity index (χ0v) is 16.4. The number of nitrogens with zero attached hydrogens (tertiary/aromatic N) is 2. The molecule has 2 N–H and O–H groups in total. The maximum Gasteiger partial charge on any atom is 0.407 e. The maximum atomic E-state index is 13.2. The van der Waals surface area contributed by atoms with Gasteiger partial charge in [0.25, 0.3) is 0 Å². The van der Waals surface area contributed by atoms with Crippen molar-refractivity contribution in [2.24, 2.45) is 5.92 Å². The number of amides is 2. The molecule has 1 saturated heterocycles. The average molecular weight is 372 g/mol. The van der Waals surface area contributed by atoms with Crippen molar-refractivity contribution in [3.8, 4) is 0 Å². The average Bonchev–Trinajstić information content (AvgIpc) is 3.30. The third kappa shape index (κ3) is 3.91. The Hall–Kier alpha value is -2.57. The molecule has 1 aromatic carbocycles. The summed E-state index contributed by atoms with van der Waals surface area (Å²) in [6, 6.07) is 5.50. The van der Waals surface area contributed by atoms with Crippen LogP contribution in [0.15, 0.2) is 18.2 Å². The van der Waals surface area contributed by atoms with Gasteiger partial charge in [-0.15, -0.1) is 0 Å². The highest BCUT2D eigenvalue weighted by Crippen LogP contribution is 2.32. The van der Waals surface area contributed by atoms with E-state index in [0.29, 0.717) is 6.54 Å². The fourth-order valence-corrected chi connectivity index (χ4v) is 3.65. The molecule has 146 valence electrons. The molecule has 2 atom stereocenters. The number of alkyl carbamates (subject to hydrolysis) is 1. The van der Waals surface area contributed by atoms with E-state index in [-0.39, 0.29) is 17.9 Å². The van der Waals surface area contributed by atoms with Crippen molar-refractivity contribution >= 4 is 23.0 Å². The number of H-pyrrole nitrogens is 1. The van der Waals surface area contributed by atoms with Gasteiger partial charge in [0.1, 0.15) is 11.9 Å². The van der Waals surface area contributed by atoms with E-state index in [9.17, 15) is 9.59 Å². The summed E-state index contributed by atoms with van der Waals surface area (Å²) in [5.41, 5.74) is 3.16. The van der Waals surface area contributed by atoms with Crippen LogP contribution in [0.1, 0.15) is 51.0 Å². The lowest BCUT2D eigenvalue weighted by Crippen LogP contribution is -2.51. The van der Waals surface area contributed by atoms with E-state index in [1.54, 1.807) is 0 Å². The first-order valence-corrected chi connectivity index (χ1v) is 9.58. The minimum atomic E-state index is -0.617. The first-order chi connectivity index (χ1) is 12.9. The van der Waals surface area contributed by atoms with Crippen LogP contribution in [0, 0.1) is 5.92 Å². The molecule has 1 aliphatic heterocycles. The largest absolute Gasteiger partial charge is 0.453 e. The number of aromatic amines is 1. The van der Waals surface area contributed by atoms with Gasteiger partial charge in [0.05, 0.1) is 24.2 Å². The SMILES string of the molecule is CCc1ccc2nc(C3CCCN3C(=O)C(NC(=O)OC)C(C)C)[nH]c2c1. The summed E-state index contributed by atoms with van der Waals surface area (Å²) < 4.78 is 4.68. The second-order valence-corrected chi connectivity index (χ2v) is 7.37. The lowest BCUT2D eigenvalue weighted by molar-refractivity contribution is -0.135. The summed E-state index contributed by atoms with van der Waals surface area (Å²) in [4.78, 5) is 34.8. The van der Waals surface area contributed by atoms with Crippen LogP contribution in [0.4, 0.5) is 4.79 Å². The molecule has 7 heteroatoms. The predicted octanol–water partition coefficient (Wildman–Crippen LogP) is 3.17. The molecule has 0 spiro atoms. The van der Waals surface area contributed by atoms with Gasteiger partial charge in [0, 0.05) is 6.54 Å². The summed E-state index contributed by atoms with van der Waals surface area (Å²) in [6.07, 6.45) is 2.15.